The second-order valence-electron chi connectivity index (χ2n) is 4.73. The molecule has 0 amide bonds. The van der Waals surface area contributed by atoms with Crippen molar-refractivity contribution in [1.29, 1.82) is 0 Å². The normalized spacial score (nSPS) is 14.4. The quantitative estimate of drug-likeness (QED) is 0.772. The van der Waals surface area contributed by atoms with Crippen LogP contribution in [0.2, 0.25) is 0 Å². The van der Waals surface area contributed by atoms with Crippen molar-refractivity contribution in [1.82, 2.24) is 0 Å². The molecule has 0 unspecified atom stereocenters. The van der Waals surface area contributed by atoms with Crippen LogP contribution in [0.15, 0.2) is 41.0 Å². The summed E-state index contributed by atoms with van der Waals surface area (Å²) >= 11 is 0. The Balaban J connectivity index is 1.98. The Morgan fingerprint density at radius 2 is 2.16 bits per heavy atom. The maximum absolute atomic E-state index is 14.1. The van der Waals surface area contributed by atoms with Gasteiger partial charge in [0.05, 0.1) is 18.5 Å². The Bertz CT molecular complexity index is 576. The zero-order valence-electron chi connectivity index (χ0n) is 10.4. The van der Waals surface area contributed by atoms with Crippen LogP contribution >= 0.6 is 0 Å². The van der Waals surface area contributed by atoms with Gasteiger partial charge in [-0.25, -0.2) is 4.39 Å². The van der Waals surface area contributed by atoms with Crippen LogP contribution < -0.4 is 4.90 Å². The minimum absolute atomic E-state index is 0.292. The first-order chi connectivity index (χ1) is 9.29. The third-order valence-electron chi connectivity index (χ3n) is 3.33. The van der Waals surface area contributed by atoms with Gasteiger partial charge in [-0.1, -0.05) is 6.07 Å². The van der Waals surface area contributed by atoms with Crippen molar-refractivity contribution in [2.45, 2.75) is 25.4 Å². The predicted molar refractivity (Wildman–Crippen MR) is 69.7 cm³/mol. The van der Waals surface area contributed by atoms with Gasteiger partial charge >= 0.3 is 0 Å². The first kappa shape index (κ1) is 12.0. The molecule has 1 aliphatic rings. The molecule has 0 saturated heterocycles. The summed E-state index contributed by atoms with van der Waals surface area (Å²) in [6, 6.07) is 8.54. The first-order valence-corrected chi connectivity index (χ1v) is 6.32. The molecule has 1 aliphatic carbocycles. The summed E-state index contributed by atoms with van der Waals surface area (Å²) in [5, 5.41) is 0. The summed E-state index contributed by atoms with van der Waals surface area (Å²) in [5.74, 6) is 0.412. The Labute approximate surface area is 110 Å². The number of carbonyl (C=O) groups is 1. The summed E-state index contributed by atoms with van der Waals surface area (Å²) in [5.41, 5.74) is 0.773. The molecule has 2 aromatic rings. The van der Waals surface area contributed by atoms with Gasteiger partial charge < -0.3 is 9.32 Å². The summed E-state index contributed by atoms with van der Waals surface area (Å²) < 4.78 is 19.4. The van der Waals surface area contributed by atoms with Crippen LogP contribution in [0.5, 0.6) is 0 Å². The Morgan fingerprint density at radius 1 is 1.32 bits per heavy atom. The topological polar surface area (TPSA) is 33.5 Å². The predicted octanol–water partition coefficient (Wildman–Crippen LogP) is 3.40. The van der Waals surface area contributed by atoms with Crippen LogP contribution in [0.3, 0.4) is 0 Å². The highest BCUT2D eigenvalue weighted by atomic mass is 19.1. The molecule has 0 radical (unpaired) electrons. The highest BCUT2D eigenvalue weighted by Crippen LogP contribution is 2.36. The molecule has 3 rings (SSSR count). The number of furan rings is 1. The standard InChI is InChI=1S/C15H14FNO2/c16-14-5-1-3-11(10-18)15(14)17(12-6-7-12)9-13-4-2-8-19-13/h1-5,8,10,12H,6-7,9H2. The lowest BCUT2D eigenvalue weighted by molar-refractivity contribution is 0.112. The number of anilines is 1. The fraction of sp³-hybridized carbons (Fsp3) is 0.267. The van der Waals surface area contributed by atoms with Crippen molar-refractivity contribution in [2.24, 2.45) is 0 Å². The van der Waals surface area contributed by atoms with Crippen LogP contribution in [-0.4, -0.2) is 12.3 Å². The SMILES string of the molecule is O=Cc1cccc(F)c1N(Cc1ccco1)C1CC1. The van der Waals surface area contributed by atoms with E-state index in [1.807, 2.05) is 17.0 Å². The summed E-state index contributed by atoms with van der Waals surface area (Å²) in [7, 11) is 0. The van der Waals surface area contributed by atoms with E-state index in [0.29, 0.717) is 30.1 Å². The zero-order chi connectivity index (χ0) is 13.2. The molecule has 4 heteroatoms. The molecule has 0 spiro atoms. The van der Waals surface area contributed by atoms with Gasteiger partial charge in [0.2, 0.25) is 0 Å². The molecule has 0 bridgehead atoms. The number of halogens is 1. The van der Waals surface area contributed by atoms with E-state index < -0.39 is 0 Å². The summed E-state index contributed by atoms with van der Waals surface area (Å²) in [6.07, 6.45) is 4.35. The van der Waals surface area contributed by atoms with Gasteiger partial charge in [-0.05, 0) is 37.1 Å². The number of carbonyl (C=O) groups excluding carboxylic acids is 1. The van der Waals surface area contributed by atoms with E-state index in [4.69, 9.17) is 4.42 Å². The van der Waals surface area contributed by atoms with Crippen LogP contribution in [0.1, 0.15) is 29.0 Å². The lowest BCUT2D eigenvalue weighted by Crippen LogP contribution is -2.27. The van der Waals surface area contributed by atoms with Gasteiger partial charge in [-0.15, -0.1) is 0 Å². The van der Waals surface area contributed by atoms with Crippen LogP contribution in [0.25, 0.3) is 0 Å². The van der Waals surface area contributed by atoms with Gasteiger partial charge in [0.25, 0.3) is 0 Å². The highest BCUT2D eigenvalue weighted by molar-refractivity contribution is 5.85. The van der Waals surface area contributed by atoms with Gasteiger partial charge in [0, 0.05) is 11.6 Å². The number of aldehydes is 1. The molecule has 0 atom stereocenters. The van der Waals surface area contributed by atoms with Crippen molar-refractivity contribution in [2.75, 3.05) is 4.90 Å². The number of benzene rings is 1. The van der Waals surface area contributed by atoms with Crippen molar-refractivity contribution in [3.05, 3.63) is 53.7 Å². The molecule has 0 aliphatic heterocycles. The molecule has 0 N–H and O–H groups in total. The monoisotopic (exact) mass is 259 g/mol. The van der Waals surface area contributed by atoms with E-state index in [-0.39, 0.29) is 5.82 Å². The number of para-hydroxylation sites is 1. The third kappa shape index (κ3) is 2.38. The van der Waals surface area contributed by atoms with Gasteiger partial charge in [-0.3, -0.25) is 4.79 Å². The number of hydrogen-bond acceptors (Lipinski definition) is 3. The molecular weight excluding hydrogens is 245 g/mol. The van der Waals surface area contributed by atoms with Gasteiger partial charge in [0.15, 0.2) is 6.29 Å². The molecule has 1 saturated carbocycles. The molecule has 1 heterocycles. The van der Waals surface area contributed by atoms with E-state index in [9.17, 15) is 9.18 Å². The van der Waals surface area contributed by atoms with Gasteiger partial charge in [0.1, 0.15) is 11.6 Å². The van der Waals surface area contributed by atoms with Crippen molar-refractivity contribution in [3.63, 3.8) is 0 Å². The average molecular weight is 259 g/mol. The fourth-order valence-corrected chi connectivity index (χ4v) is 2.28. The highest BCUT2D eigenvalue weighted by Gasteiger charge is 2.32. The van der Waals surface area contributed by atoms with E-state index in [2.05, 4.69) is 0 Å². The number of rotatable bonds is 5. The van der Waals surface area contributed by atoms with E-state index in [1.54, 1.807) is 18.4 Å². The van der Waals surface area contributed by atoms with Gasteiger partial charge in [-0.2, -0.15) is 0 Å². The lowest BCUT2D eigenvalue weighted by atomic mass is 10.1. The minimum Gasteiger partial charge on any atom is -0.467 e. The van der Waals surface area contributed by atoms with E-state index >= 15 is 0 Å². The second kappa shape index (κ2) is 4.88. The Kier molecular flexibility index (Phi) is 3.07. The minimum atomic E-state index is -0.358. The molecule has 3 nitrogen and oxygen atoms in total. The largest absolute Gasteiger partial charge is 0.467 e. The van der Waals surface area contributed by atoms with Crippen molar-refractivity contribution >= 4 is 12.0 Å². The maximum atomic E-state index is 14.1. The van der Waals surface area contributed by atoms with Crippen molar-refractivity contribution in [3.8, 4) is 0 Å². The maximum Gasteiger partial charge on any atom is 0.152 e. The van der Waals surface area contributed by atoms with E-state index in [0.717, 1.165) is 18.6 Å². The number of nitrogens with zero attached hydrogens (tertiary/aromatic N) is 1. The molecule has 1 fully saturated rings. The summed E-state index contributed by atoms with van der Waals surface area (Å²) in [6.45, 7) is 0.486. The molecular formula is C15H14FNO2. The molecule has 19 heavy (non-hydrogen) atoms. The zero-order valence-corrected chi connectivity index (χ0v) is 10.4. The van der Waals surface area contributed by atoms with Crippen LogP contribution in [-0.2, 0) is 6.54 Å². The lowest BCUT2D eigenvalue weighted by Gasteiger charge is -2.25. The molecule has 1 aromatic heterocycles. The van der Waals surface area contributed by atoms with Crippen LogP contribution in [0.4, 0.5) is 10.1 Å². The Hall–Kier alpha value is -2.10. The van der Waals surface area contributed by atoms with Crippen molar-refractivity contribution < 1.29 is 13.6 Å². The fourth-order valence-electron chi connectivity index (χ4n) is 2.28. The molecule has 1 aromatic carbocycles. The second-order valence-corrected chi connectivity index (χ2v) is 4.73. The average Bonchev–Trinajstić information content (AvgIpc) is 3.14. The Morgan fingerprint density at radius 3 is 2.79 bits per heavy atom. The number of hydrogen-bond donors (Lipinski definition) is 0. The molecule has 98 valence electrons. The smallest absolute Gasteiger partial charge is 0.152 e. The first-order valence-electron chi connectivity index (χ1n) is 6.32. The van der Waals surface area contributed by atoms with Crippen LogP contribution in [0, 0.1) is 5.82 Å². The van der Waals surface area contributed by atoms with E-state index in [1.165, 1.54) is 6.07 Å². The third-order valence-corrected chi connectivity index (χ3v) is 3.33. The summed E-state index contributed by atoms with van der Waals surface area (Å²) in [4.78, 5) is 13.0.